The van der Waals surface area contributed by atoms with E-state index < -0.39 is 0 Å². The minimum absolute atomic E-state index is 0.182. The van der Waals surface area contributed by atoms with Crippen LogP contribution in [0.4, 0.5) is 0 Å². The first kappa shape index (κ1) is 16.3. The quantitative estimate of drug-likeness (QED) is 0.939. The Hall–Kier alpha value is -2.56. The lowest BCUT2D eigenvalue weighted by atomic mass is 9.97. The highest BCUT2D eigenvalue weighted by Crippen LogP contribution is 2.20. The van der Waals surface area contributed by atoms with Crippen molar-refractivity contribution in [1.29, 1.82) is 0 Å². The molecule has 1 aromatic carbocycles. The van der Waals surface area contributed by atoms with E-state index in [2.05, 4.69) is 4.98 Å². The second kappa shape index (κ2) is 7.34. The summed E-state index contributed by atoms with van der Waals surface area (Å²) < 4.78 is 5.80. The normalized spacial score (nSPS) is 15.3. The zero-order chi connectivity index (χ0) is 16.9. The highest BCUT2D eigenvalue weighted by Gasteiger charge is 2.25. The third-order valence-corrected chi connectivity index (χ3v) is 4.42. The summed E-state index contributed by atoms with van der Waals surface area (Å²) >= 11 is 0. The van der Waals surface area contributed by atoms with Crippen LogP contribution in [0.5, 0.6) is 5.75 Å². The van der Waals surface area contributed by atoms with Crippen LogP contribution in [-0.2, 0) is 0 Å². The van der Waals surface area contributed by atoms with Gasteiger partial charge in [0.15, 0.2) is 0 Å². The number of piperidine rings is 1. The number of hydrogen-bond donors (Lipinski definition) is 1. The minimum Gasteiger partial charge on any atom is -0.493 e. The lowest BCUT2D eigenvalue weighted by molar-refractivity contribution is 0.0659. The Bertz CT molecular complexity index is 747. The second-order valence-electron chi connectivity index (χ2n) is 6.24. The van der Waals surface area contributed by atoms with E-state index in [0.717, 1.165) is 24.3 Å². The fraction of sp³-hybridized carbons (Fsp3) is 0.368. The molecule has 1 saturated heterocycles. The van der Waals surface area contributed by atoms with E-state index in [1.807, 2.05) is 30.3 Å². The molecule has 2 heterocycles. The summed E-state index contributed by atoms with van der Waals surface area (Å²) in [6.45, 7) is 3.79. The molecule has 0 bridgehead atoms. The van der Waals surface area contributed by atoms with Gasteiger partial charge in [-0.15, -0.1) is 0 Å². The molecule has 3 rings (SSSR count). The highest BCUT2D eigenvalue weighted by atomic mass is 16.5. The molecule has 0 atom stereocenters. The van der Waals surface area contributed by atoms with Gasteiger partial charge in [0.05, 0.1) is 6.61 Å². The molecule has 2 aromatic rings. The van der Waals surface area contributed by atoms with Gasteiger partial charge in [-0.05, 0) is 49.9 Å². The molecule has 5 nitrogen and oxygen atoms in total. The van der Waals surface area contributed by atoms with Crippen molar-refractivity contribution in [2.75, 3.05) is 19.7 Å². The van der Waals surface area contributed by atoms with Gasteiger partial charge in [0.25, 0.3) is 11.5 Å². The molecule has 0 spiro atoms. The highest BCUT2D eigenvalue weighted by molar-refractivity contribution is 5.93. The van der Waals surface area contributed by atoms with Crippen molar-refractivity contribution in [3.8, 4) is 5.75 Å². The van der Waals surface area contributed by atoms with Gasteiger partial charge in [0, 0.05) is 18.8 Å². The van der Waals surface area contributed by atoms with Gasteiger partial charge in [-0.25, -0.2) is 0 Å². The molecule has 0 aliphatic carbocycles. The number of amides is 1. The van der Waals surface area contributed by atoms with E-state index in [1.165, 1.54) is 0 Å². The number of benzene rings is 1. The molecule has 1 N–H and O–H groups in total. The average Bonchev–Trinajstić information content (AvgIpc) is 2.61. The number of likely N-dealkylation sites (tertiary alicyclic amines) is 1. The van der Waals surface area contributed by atoms with E-state index in [1.54, 1.807) is 24.0 Å². The number of carbonyl (C=O) groups is 1. The van der Waals surface area contributed by atoms with Gasteiger partial charge in [-0.3, -0.25) is 9.59 Å². The Balaban J connectivity index is 1.53. The molecular formula is C19H22N2O3. The summed E-state index contributed by atoms with van der Waals surface area (Å²) in [5, 5.41) is 0. The Labute approximate surface area is 141 Å². The maximum atomic E-state index is 12.5. The molecule has 0 radical (unpaired) electrons. The molecule has 0 saturated carbocycles. The van der Waals surface area contributed by atoms with Crippen LogP contribution >= 0.6 is 0 Å². The van der Waals surface area contributed by atoms with Gasteiger partial charge >= 0.3 is 0 Å². The Kier molecular flexibility index (Phi) is 4.99. The topological polar surface area (TPSA) is 62.4 Å². The standard InChI is InChI=1S/C19H22N2O3/c1-14-7-8-17(18(22)20-14)19(23)21-11-9-15(10-12-21)13-24-16-5-3-2-4-6-16/h2-8,15H,9-13H2,1H3,(H,20,22). The summed E-state index contributed by atoms with van der Waals surface area (Å²) in [5.74, 6) is 1.13. The first-order valence-electron chi connectivity index (χ1n) is 8.30. The number of nitrogens with one attached hydrogen (secondary N) is 1. The van der Waals surface area contributed by atoms with Crippen molar-refractivity contribution < 1.29 is 9.53 Å². The number of nitrogens with zero attached hydrogens (tertiary/aromatic N) is 1. The molecule has 1 amide bonds. The number of para-hydroxylation sites is 1. The Morgan fingerprint density at radius 2 is 1.88 bits per heavy atom. The van der Waals surface area contributed by atoms with Crippen LogP contribution in [0, 0.1) is 12.8 Å². The predicted octanol–water partition coefficient (Wildman–Crippen LogP) is 2.61. The van der Waals surface area contributed by atoms with E-state index in [0.29, 0.717) is 25.6 Å². The number of hydrogen-bond acceptors (Lipinski definition) is 3. The van der Waals surface area contributed by atoms with Gasteiger partial charge < -0.3 is 14.6 Å². The van der Waals surface area contributed by atoms with Crippen LogP contribution in [0.2, 0.25) is 0 Å². The molecule has 1 aromatic heterocycles. The fourth-order valence-electron chi connectivity index (χ4n) is 2.94. The number of aromatic amines is 1. The van der Waals surface area contributed by atoms with Gasteiger partial charge in [-0.1, -0.05) is 18.2 Å². The number of aryl methyl sites for hydroxylation is 1. The molecule has 1 aliphatic heterocycles. The van der Waals surface area contributed by atoms with E-state index >= 15 is 0 Å². The van der Waals surface area contributed by atoms with E-state index in [4.69, 9.17) is 4.74 Å². The number of aromatic nitrogens is 1. The summed E-state index contributed by atoms with van der Waals surface area (Å²) in [6, 6.07) is 13.1. The molecule has 126 valence electrons. The summed E-state index contributed by atoms with van der Waals surface area (Å²) in [5.41, 5.74) is 0.669. The fourth-order valence-corrected chi connectivity index (χ4v) is 2.94. The molecule has 24 heavy (non-hydrogen) atoms. The first-order valence-corrected chi connectivity index (χ1v) is 8.30. The van der Waals surface area contributed by atoms with Gasteiger partial charge in [-0.2, -0.15) is 0 Å². The van der Waals surface area contributed by atoms with Crippen LogP contribution in [0.3, 0.4) is 0 Å². The monoisotopic (exact) mass is 326 g/mol. The Morgan fingerprint density at radius 3 is 2.54 bits per heavy atom. The van der Waals surface area contributed by atoms with Crippen LogP contribution in [0.25, 0.3) is 0 Å². The van der Waals surface area contributed by atoms with Gasteiger partial charge in [0.1, 0.15) is 11.3 Å². The summed E-state index contributed by atoms with van der Waals surface area (Å²) in [4.78, 5) is 28.9. The van der Waals surface area contributed by atoms with Crippen molar-refractivity contribution in [3.05, 3.63) is 64.1 Å². The number of ether oxygens (including phenoxy) is 1. The lowest BCUT2D eigenvalue weighted by Crippen LogP contribution is -2.41. The number of pyridine rings is 1. The SMILES string of the molecule is Cc1ccc(C(=O)N2CCC(COc3ccccc3)CC2)c(=O)[nH]1. The summed E-state index contributed by atoms with van der Waals surface area (Å²) in [7, 11) is 0. The lowest BCUT2D eigenvalue weighted by Gasteiger charge is -2.31. The zero-order valence-corrected chi connectivity index (χ0v) is 13.8. The molecule has 5 heteroatoms. The minimum atomic E-state index is -0.311. The average molecular weight is 326 g/mol. The Morgan fingerprint density at radius 1 is 1.17 bits per heavy atom. The van der Waals surface area contributed by atoms with E-state index in [-0.39, 0.29) is 17.0 Å². The van der Waals surface area contributed by atoms with Crippen LogP contribution in [0.1, 0.15) is 28.9 Å². The van der Waals surface area contributed by atoms with Crippen molar-refractivity contribution in [2.45, 2.75) is 19.8 Å². The van der Waals surface area contributed by atoms with Crippen molar-refractivity contribution in [1.82, 2.24) is 9.88 Å². The summed E-state index contributed by atoms with van der Waals surface area (Å²) in [6.07, 6.45) is 1.78. The van der Waals surface area contributed by atoms with Crippen LogP contribution in [-0.4, -0.2) is 35.5 Å². The smallest absolute Gasteiger partial charge is 0.260 e. The third kappa shape index (κ3) is 3.85. The number of carbonyl (C=O) groups excluding carboxylic acids is 1. The van der Waals surface area contributed by atoms with Crippen molar-refractivity contribution in [3.63, 3.8) is 0 Å². The molecule has 1 aliphatic rings. The predicted molar refractivity (Wildman–Crippen MR) is 92.4 cm³/mol. The first-order chi connectivity index (χ1) is 11.6. The molecule has 0 unspecified atom stereocenters. The third-order valence-electron chi connectivity index (χ3n) is 4.42. The van der Waals surface area contributed by atoms with Gasteiger partial charge in [0.2, 0.25) is 0 Å². The zero-order valence-electron chi connectivity index (χ0n) is 13.8. The van der Waals surface area contributed by atoms with E-state index in [9.17, 15) is 9.59 Å². The van der Waals surface area contributed by atoms with Crippen LogP contribution in [0.15, 0.2) is 47.3 Å². The number of rotatable bonds is 4. The van der Waals surface area contributed by atoms with Crippen LogP contribution < -0.4 is 10.3 Å². The number of H-pyrrole nitrogens is 1. The second-order valence-corrected chi connectivity index (χ2v) is 6.24. The molecule has 1 fully saturated rings. The van der Waals surface area contributed by atoms with Crippen molar-refractivity contribution in [2.24, 2.45) is 5.92 Å². The largest absolute Gasteiger partial charge is 0.493 e. The maximum absolute atomic E-state index is 12.5. The molecular weight excluding hydrogens is 304 g/mol. The van der Waals surface area contributed by atoms with Crippen molar-refractivity contribution >= 4 is 5.91 Å². The maximum Gasteiger partial charge on any atom is 0.260 e.